The lowest BCUT2D eigenvalue weighted by atomic mass is 9.89. The van der Waals surface area contributed by atoms with Gasteiger partial charge in [-0.15, -0.1) is 0 Å². The molecule has 2 aromatic carbocycles. The zero-order valence-electron chi connectivity index (χ0n) is 34.2. The minimum absolute atomic E-state index is 0.0746. The number of hydrogen-bond acceptors (Lipinski definition) is 14. The van der Waals surface area contributed by atoms with Gasteiger partial charge in [-0.3, -0.25) is 24.0 Å². The van der Waals surface area contributed by atoms with Crippen molar-refractivity contribution in [2.24, 2.45) is 23.5 Å². The second-order valence-electron chi connectivity index (χ2n) is 15.0. The zero-order chi connectivity index (χ0) is 43.6. The maximum absolute atomic E-state index is 14.2. The molecule has 314 valence electrons. The van der Waals surface area contributed by atoms with E-state index in [0.717, 1.165) is 12.8 Å². The fourth-order valence-electron chi connectivity index (χ4n) is 5.70. The third-order valence-electron chi connectivity index (χ3n) is 9.41. The van der Waals surface area contributed by atoms with Crippen LogP contribution in [0.3, 0.4) is 0 Å². The summed E-state index contributed by atoms with van der Waals surface area (Å²) < 4.78 is 20.9. The molecule has 1 amide bonds. The van der Waals surface area contributed by atoms with E-state index in [4.69, 9.17) is 30.1 Å². The molecule has 1 fully saturated rings. The highest BCUT2D eigenvalue weighted by Crippen LogP contribution is 2.33. The van der Waals surface area contributed by atoms with Crippen LogP contribution in [0.5, 0.6) is 0 Å². The van der Waals surface area contributed by atoms with Crippen LogP contribution in [0, 0.1) is 23.2 Å². The standard InChI is InChI=1S/C44H52N4O11/c1-8-29-18-34(37(50)17-27-11-13-30(14-12-27)35(45)20-38(51)56-25(6)58-43(54)39(46)23(2)3)33(19-31(29)22-49)32-15-16-36(41(52)47-21-28-9-10-28)48-40(32)44(55)59-26(7)57-42(53)24(4)5/h8,11-16,18-19,23-26,28,39,45,49H,1,9-10,17,20-22,46H2,2-7H3,(H,47,52)/t25?,26?,39-/m0/s1. The number of aromatic nitrogens is 1. The van der Waals surface area contributed by atoms with Crippen LogP contribution in [0.2, 0.25) is 0 Å². The quantitative estimate of drug-likeness (QED) is 0.0490. The van der Waals surface area contributed by atoms with Gasteiger partial charge in [0.2, 0.25) is 12.6 Å². The number of nitrogens with one attached hydrogen (secondary N) is 2. The van der Waals surface area contributed by atoms with Gasteiger partial charge in [0.15, 0.2) is 11.5 Å². The Morgan fingerprint density at radius 1 is 0.898 bits per heavy atom. The highest BCUT2D eigenvalue weighted by molar-refractivity contribution is 6.09. The van der Waals surface area contributed by atoms with Crippen LogP contribution >= 0.6 is 0 Å². The van der Waals surface area contributed by atoms with Crippen molar-refractivity contribution in [3.63, 3.8) is 0 Å². The van der Waals surface area contributed by atoms with Crippen molar-refractivity contribution in [2.75, 3.05) is 6.54 Å². The second-order valence-corrected chi connectivity index (χ2v) is 15.0. The Hall–Kier alpha value is -6.06. The number of rotatable bonds is 20. The molecular weight excluding hydrogens is 761 g/mol. The van der Waals surface area contributed by atoms with Crippen LogP contribution in [-0.2, 0) is 46.4 Å². The second kappa shape index (κ2) is 20.6. The lowest BCUT2D eigenvalue weighted by Gasteiger charge is -2.19. The number of ketones is 1. The summed E-state index contributed by atoms with van der Waals surface area (Å²) in [6, 6.07) is 11.5. The van der Waals surface area contributed by atoms with E-state index in [1.165, 1.54) is 38.1 Å². The number of benzene rings is 2. The van der Waals surface area contributed by atoms with E-state index in [1.807, 2.05) is 0 Å². The van der Waals surface area contributed by atoms with Gasteiger partial charge in [-0.1, -0.05) is 64.6 Å². The maximum atomic E-state index is 14.2. The largest absolute Gasteiger partial charge is 0.425 e. The number of nitrogens with zero attached hydrogens (tertiary/aromatic N) is 1. The van der Waals surface area contributed by atoms with Crippen LogP contribution in [0.25, 0.3) is 17.2 Å². The van der Waals surface area contributed by atoms with E-state index in [1.54, 1.807) is 58.0 Å². The summed E-state index contributed by atoms with van der Waals surface area (Å²) >= 11 is 0. The van der Waals surface area contributed by atoms with Gasteiger partial charge in [0.05, 0.1) is 18.9 Å². The van der Waals surface area contributed by atoms with Gasteiger partial charge in [0, 0.05) is 43.7 Å². The molecule has 1 aromatic heterocycles. The fourth-order valence-corrected chi connectivity index (χ4v) is 5.70. The first-order chi connectivity index (χ1) is 27.9. The van der Waals surface area contributed by atoms with Crippen molar-refractivity contribution in [1.82, 2.24) is 10.3 Å². The molecular formula is C44H52N4O11. The van der Waals surface area contributed by atoms with Crippen LogP contribution in [0.1, 0.15) is 114 Å². The molecule has 0 bridgehead atoms. The molecule has 3 atom stereocenters. The number of esters is 4. The first kappa shape index (κ1) is 45.6. The van der Waals surface area contributed by atoms with Gasteiger partial charge >= 0.3 is 23.9 Å². The van der Waals surface area contributed by atoms with Crippen LogP contribution < -0.4 is 11.1 Å². The molecule has 1 aliphatic carbocycles. The lowest BCUT2D eigenvalue weighted by molar-refractivity contribution is -0.185. The Balaban J connectivity index is 1.60. The molecule has 2 unspecified atom stereocenters. The van der Waals surface area contributed by atoms with E-state index >= 15 is 0 Å². The smallest absolute Gasteiger partial charge is 0.360 e. The minimum atomic E-state index is -1.31. The van der Waals surface area contributed by atoms with E-state index in [2.05, 4.69) is 16.9 Å². The SMILES string of the molecule is C=Cc1cc(C(=O)Cc2ccc(C(=N)CC(=O)OC(C)OC(=O)[C@@H](N)C(C)C)cc2)c(-c2ccc(C(=O)NCC3CC3)nc2C(=O)OC(C)OC(=O)C(C)C)cc1CO. The van der Waals surface area contributed by atoms with Gasteiger partial charge in [-0.25, -0.2) is 9.78 Å². The first-order valence-electron chi connectivity index (χ1n) is 19.4. The number of amides is 1. The van der Waals surface area contributed by atoms with E-state index in [-0.39, 0.29) is 46.1 Å². The van der Waals surface area contributed by atoms with E-state index in [0.29, 0.717) is 34.7 Å². The average molecular weight is 813 g/mol. The average Bonchev–Trinajstić information content (AvgIpc) is 4.03. The van der Waals surface area contributed by atoms with Gasteiger partial charge < -0.3 is 40.5 Å². The number of aliphatic hydroxyl groups excluding tert-OH is 1. The summed E-state index contributed by atoms with van der Waals surface area (Å²) in [5, 5.41) is 21.5. The summed E-state index contributed by atoms with van der Waals surface area (Å²) in [6.07, 6.45) is 0.409. The van der Waals surface area contributed by atoms with Crippen molar-refractivity contribution >= 4 is 47.4 Å². The van der Waals surface area contributed by atoms with Gasteiger partial charge in [-0.2, -0.15) is 0 Å². The number of nitrogens with two attached hydrogens (primary N) is 1. The molecule has 59 heavy (non-hydrogen) atoms. The lowest BCUT2D eigenvalue weighted by Crippen LogP contribution is -2.39. The van der Waals surface area contributed by atoms with Crippen molar-refractivity contribution in [3.05, 3.63) is 94.3 Å². The predicted molar refractivity (Wildman–Crippen MR) is 217 cm³/mol. The van der Waals surface area contributed by atoms with Crippen LogP contribution in [-0.4, -0.2) is 76.5 Å². The van der Waals surface area contributed by atoms with E-state index < -0.39 is 73.1 Å². The number of carbonyl (C=O) groups excluding carboxylic acids is 6. The maximum Gasteiger partial charge on any atom is 0.360 e. The Morgan fingerprint density at radius 3 is 2.14 bits per heavy atom. The van der Waals surface area contributed by atoms with Gasteiger partial charge in [0.25, 0.3) is 5.91 Å². The summed E-state index contributed by atoms with van der Waals surface area (Å²) in [7, 11) is 0. The molecule has 1 aliphatic rings. The van der Waals surface area contributed by atoms with Crippen molar-refractivity contribution in [1.29, 1.82) is 5.41 Å². The molecule has 15 heteroatoms. The number of carbonyl (C=O) groups is 6. The highest BCUT2D eigenvalue weighted by atomic mass is 16.7. The minimum Gasteiger partial charge on any atom is -0.425 e. The molecule has 1 saturated carbocycles. The molecule has 0 aliphatic heterocycles. The van der Waals surface area contributed by atoms with Crippen LogP contribution in [0.4, 0.5) is 0 Å². The number of hydrogen-bond donors (Lipinski definition) is 4. The normalized spacial score (nSPS) is 13.8. The van der Waals surface area contributed by atoms with Gasteiger partial charge in [-0.05, 0) is 76.8 Å². The topological polar surface area (TPSA) is 234 Å². The monoisotopic (exact) mass is 812 g/mol. The summed E-state index contributed by atoms with van der Waals surface area (Å²) in [5.41, 5.74) is 7.57. The molecule has 1 heterocycles. The van der Waals surface area contributed by atoms with E-state index in [9.17, 15) is 33.9 Å². The van der Waals surface area contributed by atoms with Crippen molar-refractivity contribution in [3.8, 4) is 11.1 Å². The third-order valence-corrected chi connectivity index (χ3v) is 9.41. The van der Waals surface area contributed by atoms with Crippen LogP contribution in [0.15, 0.2) is 55.1 Å². The molecule has 4 rings (SSSR count). The zero-order valence-corrected chi connectivity index (χ0v) is 34.2. The molecule has 5 N–H and O–H groups in total. The fraction of sp³-hybridized carbons (Fsp3) is 0.409. The molecule has 0 spiro atoms. The van der Waals surface area contributed by atoms with Crippen molar-refractivity contribution < 1.29 is 52.8 Å². The number of ether oxygens (including phenoxy) is 4. The Kier molecular flexibility index (Phi) is 15.9. The Labute approximate surface area is 343 Å². The number of pyridine rings is 1. The highest BCUT2D eigenvalue weighted by Gasteiger charge is 2.28. The molecule has 15 nitrogen and oxygen atoms in total. The summed E-state index contributed by atoms with van der Waals surface area (Å²) in [6.45, 7) is 13.3. The number of aliphatic hydroxyl groups is 1. The summed E-state index contributed by atoms with van der Waals surface area (Å²) in [5.74, 6) is -4.33. The summed E-state index contributed by atoms with van der Waals surface area (Å²) in [4.78, 5) is 82.2. The number of Topliss-reactive ketones (excluding diaryl/α,β-unsaturated/α-hetero) is 1. The third kappa shape index (κ3) is 12.7. The Morgan fingerprint density at radius 2 is 1.54 bits per heavy atom. The molecule has 3 aromatic rings. The first-order valence-corrected chi connectivity index (χ1v) is 19.4. The predicted octanol–water partition coefficient (Wildman–Crippen LogP) is 5.32. The van der Waals surface area contributed by atoms with Gasteiger partial charge in [0.1, 0.15) is 11.7 Å². The Bertz CT molecular complexity index is 2090. The molecule has 0 saturated heterocycles. The van der Waals surface area contributed by atoms with Crippen molar-refractivity contribution in [2.45, 2.75) is 92.5 Å². The molecule has 0 radical (unpaired) electrons.